The molecule has 0 radical (unpaired) electrons. The van der Waals surface area contributed by atoms with E-state index in [2.05, 4.69) is 10.1 Å². The Morgan fingerprint density at radius 3 is 3.00 bits per heavy atom. The summed E-state index contributed by atoms with van der Waals surface area (Å²) in [5.41, 5.74) is 5.61. The van der Waals surface area contributed by atoms with Crippen molar-refractivity contribution in [3.63, 3.8) is 0 Å². The number of nitrogens with two attached hydrogens (primary N) is 1. The van der Waals surface area contributed by atoms with Gasteiger partial charge in [-0.2, -0.15) is 4.98 Å². The van der Waals surface area contributed by atoms with Crippen LogP contribution in [-0.4, -0.2) is 22.8 Å². The second-order valence-corrected chi connectivity index (χ2v) is 3.26. The van der Waals surface area contributed by atoms with Gasteiger partial charge in [0.2, 0.25) is 5.89 Å². The summed E-state index contributed by atoms with van der Waals surface area (Å²) in [6.07, 6.45) is 1.59. The van der Waals surface area contributed by atoms with E-state index in [1.54, 1.807) is 0 Å². The molecule has 14 heavy (non-hydrogen) atoms. The minimum Gasteiger partial charge on any atom is -0.374 e. The smallest absolute Gasteiger partial charge is 0.226 e. The molecule has 0 amide bonds. The van der Waals surface area contributed by atoms with Crippen LogP contribution in [0.1, 0.15) is 32.0 Å². The summed E-state index contributed by atoms with van der Waals surface area (Å²) < 4.78 is 10.2. The van der Waals surface area contributed by atoms with Crippen LogP contribution in [0.4, 0.5) is 0 Å². The Hall–Kier alpha value is -0.940. The first kappa shape index (κ1) is 11.1. The average molecular weight is 199 g/mol. The highest BCUT2D eigenvalue weighted by Crippen LogP contribution is 2.03. The second kappa shape index (κ2) is 5.72. The van der Waals surface area contributed by atoms with E-state index < -0.39 is 0 Å². The van der Waals surface area contributed by atoms with Crippen LogP contribution in [0.2, 0.25) is 0 Å². The fourth-order valence-electron chi connectivity index (χ4n) is 0.995. The number of rotatable bonds is 6. The number of hydrogen-bond donors (Lipinski definition) is 1. The van der Waals surface area contributed by atoms with Crippen LogP contribution in [0, 0.1) is 0 Å². The normalized spacial score (nSPS) is 13.1. The lowest BCUT2D eigenvalue weighted by Crippen LogP contribution is -2.15. The molecule has 0 bridgehead atoms. The molecule has 80 valence electrons. The van der Waals surface area contributed by atoms with Crippen molar-refractivity contribution in [1.29, 1.82) is 0 Å². The van der Waals surface area contributed by atoms with Gasteiger partial charge in [0.15, 0.2) is 5.82 Å². The SMILES string of the molecule is CCOCc1noc(CCC(C)N)n1. The van der Waals surface area contributed by atoms with E-state index in [0.29, 0.717) is 24.9 Å². The fraction of sp³-hybridized carbons (Fsp3) is 0.778. The Balaban J connectivity index is 2.35. The third-order valence-electron chi connectivity index (χ3n) is 1.76. The van der Waals surface area contributed by atoms with Gasteiger partial charge >= 0.3 is 0 Å². The zero-order valence-corrected chi connectivity index (χ0v) is 8.69. The highest BCUT2D eigenvalue weighted by Gasteiger charge is 2.06. The summed E-state index contributed by atoms with van der Waals surface area (Å²) in [4.78, 5) is 4.16. The molecule has 1 rings (SSSR count). The van der Waals surface area contributed by atoms with E-state index in [1.165, 1.54) is 0 Å². The first-order valence-corrected chi connectivity index (χ1v) is 4.87. The summed E-state index contributed by atoms with van der Waals surface area (Å²) in [5.74, 6) is 1.24. The molecule has 1 heterocycles. The predicted octanol–water partition coefficient (Wildman–Crippen LogP) is 0.886. The van der Waals surface area contributed by atoms with Gasteiger partial charge in [0, 0.05) is 19.1 Å². The van der Waals surface area contributed by atoms with Gasteiger partial charge in [-0.25, -0.2) is 0 Å². The van der Waals surface area contributed by atoms with Crippen molar-refractivity contribution in [2.75, 3.05) is 6.61 Å². The van der Waals surface area contributed by atoms with Crippen LogP contribution in [0.25, 0.3) is 0 Å². The maximum atomic E-state index is 5.61. The van der Waals surface area contributed by atoms with Crippen molar-refractivity contribution >= 4 is 0 Å². The minimum atomic E-state index is 0.164. The largest absolute Gasteiger partial charge is 0.374 e. The molecule has 0 fully saturated rings. The van der Waals surface area contributed by atoms with Gasteiger partial charge in [-0.3, -0.25) is 0 Å². The molecule has 5 nitrogen and oxygen atoms in total. The summed E-state index contributed by atoms with van der Waals surface area (Å²) in [6.45, 7) is 4.95. The fourth-order valence-corrected chi connectivity index (χ4v) is 0.995. The molecule has 1 aromatic heterocycles. The molecule has 0 aliphatic carbocycles. The van der Waals surface area contributed by atoms with Gasteiger partial charge in [0.05, 0.1) is 0 Å². The first-order chi connectivity index (χ1) is 6.72. The molecule has 0 saturated heterocycles. The standard InChI is InChI=1S/C9H17N3O2/c1-3-13-6-8-11-9(14-12-8)5-4-7(2)10/h7H,3-6,10H2,1-2H3. The number of ether oxygens (including phenoxy) is 1. The number of aromatic nitrogens is 2. The van der Waals surface area contributed by atoms with Gasteiger partial charge in [-0.15, -0.1) is 0 Å². The van der Waals surface area contributed by atoms with Crippen molar-refractivity contribution in [1.82, 2.24) is 10.1 Å². The second-order valence-electron chi connectivity index (χ2n) is 3.26. The molecule has 0 spiro atoms. The maximum Gasteiger partial charge on any atom is 0.226 e. The number of aryl methyl sites for hydroxylation is 1. The monoisotopic (exact) mass is 199 g/mol. The average Bonchev–Trinajstić information content (AvgIpc) is 2.59. The van der Waals surface area contributed by atoms with Crippen molar-refractivity contribution in [2.45, 2.75) is 39.3 Å². The van der Waals surface area contributed by atoms with Crippen LogP contribution >= 0.6 is 0 Å². The molecule has 0 aliphatic heterocycles. The van der Waals surface area contributed by atoms with E-state index in [1.807, 2.05) is 13.8 Å². The van der Waals surface area contributed by atoms with Gasteiger partial charge < -0.3 is 15.0 Å². The van der Waals surface area contributed by atoms with Crippen molar-refractivity contribution in [2.24, 2.45) is 5.73 Å². The maximum absolute atomic E-state index is 5.61. The Kier molecular flexibility index (Phi) is 4.55. The minimum absolute atomic E-state index is 0.164. The third-order valence-corrected chi connectivity index (χ3v) is 1.76. The zero-order chi connectivity index (χ0) is 10.4. The van der Waals surface area contributed by atoms with E-state index in [-0.39, 0.29) is 6.04 Å². The van der Waals surface area contributed by atoms with Crippen LogP contribution in [-0.2, 0) is 17.8 Å². The molecule has 2 N–H and O–H groups in total. The molecule has 0 saturated carbocycles. The highest BCUT2D eigenvalue weighted by atomic mass is 16.5. The lowest BCUT2D eigenvalue weighted by Gasteiger charge is -1.99. The Morgan fingerprint density at radius 1 is 1.57 bits per heavy atom. The summed E-state index contributed by atoms with van der Waals surface area (Å²) in [5, 5.41) is 3.78. The summed E-state index contributed by atoms with van der Waals surface area (Å²) in [7, 11) is 0. The lowest BCUT2D eigenvalue weighted by molar-refractivity contribution is 0.126. The van der Waals surface area contributed by atoms with E-state index in [4.69, 9.17) is 15.0 Å². The molecule has 1 aromatic rings. The summed E-state index contributed by atoms with van der Waals surface area (Å²) in [6, 6.07) is 0.164. The predicted molar refractivity (Wildman–Crippen MR) is 51.6 cm³/mol. The van der Waals surface area contributed by atoms with Gasteiger partial charge in [-0.1, -0.05) is 5.16 Å². The molecule has 5 heteroatoms. The van der Waals surface area contributed by atoms with Crippen LogP contribution in [0.3, 0.4) is 0 Å². The Morgan fingerprint density at radius 2 is 2.36 bits per heavy atom. The van der Waals surface area contributed by atoms with Gasteiger partial charge in [0.1, 0.15) is 6.61 Å². The van der Waals surface area contributed by atoms with Crippen LogP contribution in [0.5, 0.6) is 0 Å². The van der Waals surface area contributed by atoms with E-state index in [0.717, 1.165) is 12.8 Å². The summed E-state index contributed by atoms with van der Waals surface area (Å²) >= 11 is 0. The van der Waals surface area contributed by atoms with Gasteiger partial charge in [-0.05, 0) is 20.3 Å². The quantitative estimate of drug-likeness (QED) is 0.736. The van der Waals surface area contributed by atoms with Gasteiger partial charge in [0.25, 0.3) is 0 Å². The lowest BCUT2D eigenvalue weighted by atomic mass is 10.2. The van der Waals surface area contributed by atoms with Crippen molar-refractivity contribution in [3.05, 3.63) is 11.7 Å². The molecular formula is C9H17N3O2. The molecule has 1 atom stereocenters. The Bertz CT molecular complexity index is 260. The van der Waals surface area contributed by atoms with Crippen LogP contribution in [0.15, 0.2) is 4.52 Å². The number of hydrogen-bond acceptors (Lipinski definition) is 5. The number of nitrogens with zero attached hydrogens (tertiary/aromatic N) is 2. The third kappa shape index (κ3) is 3.85. The zero-order valence-electron chi connectivity index (χ0n) is 8.69. The molecular weight excluding hydrogens is 182 g/mol. The molecule has 1 unspecified atom stereocenters. The van der Waals surface area contributed by atoms with E-state index >= 15 is 0 Å². The molecule has 0 aromatic carbocycles. The Labute approximate surface area is 83.6 Å². The highest BCUT2D eigenvalue weighted by molar-refractivity contribution is 4.85. The first-order valence-electron chi connectivity index (χ1n) is 4.87. The van der Waals surface area contributed by atoms with Crippen molar-refractivity contribution in [3.8, 4) is 0 Å². The molecule has 0 aliphatic rings. The van der Waals surface area contributed by atoms with E-state index in [9.17, 15) is 0 Å². The topological polar surface area (TPSA) is 74.2 Å². The van der Waals surface area contributed by atoms with Crippen molar-refractivity contribution < 1.29 is 9.26 Å². The van der Waals surface area contributed by atoms with Crippen LogP contribution < -0.4 is 5.73 Å².